The van der Waals surface area contributed by atoms with Crippen molar-refractivity contribution in [3.8, 4) is 0 Å². The number of carbonyl (C=O) groups excluding carboxylic acids is 1. The van der Waals surface area contributed by atoms with E-state index in [1.165, 1.54) is 24.4 Å². The summed E-state index contributed by atoms with van der Waals surface area (Å²) in [5, 5.41) is 15.4. The summed E-state index contributed by atoms with van der Waals surface area (Å²) in [4.78, 5) is 31.8. The lowest BCUT2D eigenvalue weighted by molar-refractivity contribution is -0.383. The van der Waals surface area contributed by atoms with Crippen LogP contribution in [0, 0.1) is 15.9 Å². The van der Waals surface area contributed by atoms with Crippen molar-refractivity contribution >= 4 is 33.7 Å². The Morgan fingerprint density at radius 1 is 1.16 bits per heavy atom. The molecule has 2 heterocycles. The molecule has 1 atom stereocenters. The Morgan fingerprint density at radius 2 is 1.94 bits per heavy atom. The van der Waals surface area contributed by atoms with Gasteiger partial charge in [0.1, 0.15) is 5.82 Å². The van der Waals surface area contributed by atoms with Crippen LogP contribution in [0.4, 0.5) is 21.5 Å². The summed E-state index contributed by atoms with van der Waals surface area (Å²) in [6.45, 7) is 4.49. The van der Waals surface area contributed by atoms with Crippen LogP contribution < -0.4 is 10.2 Å². The first-order chi connectivity index (χ1) is 14.9. The molecule has 0 bridgehead atoms. The SMILES string of the molecule is CC(C(=O)Nc1cccc(F)c1)N1CCN(c2ccc([N+](=O)[O-])c3cnccc23)CC1. The number of nitrogens with zero attached hydrogens (tertiary/aromatic N) is 4. The number of carbonyl (C=O) groups is 1. The molecule has 31 heavy (non-hydrogen) atoms. The lowest BCUT2D eigenvalue weighted by atomic mass is 10.1. The first-order valence-electron chi connectivity index (χ1n) is 10.0. The van der Waals surface area contributed by atoms with Gasteiger partial charge in [0.25, 0.3) is 5.69 Å². The molecule has 1 N–H and O–H groups in total. The molecule has 0 saturated carbocycles. The molecule has 8 nitrogen and oxygen atoms in total. The average molecular weight is 423 g/mol. The van der Waals surface area contributed by atoms with E-state index in [4.69, 9.17) is 0 Å². The van der Waals surface area contributed by atoms with E-state index in [0.29, 0.717) is 37.3 Å². The van der Waals surface area contributed by atoms with Crippen LogP contribution in [0.25, 0.3) is 10.8 Å². The van der Waals surface area contributed by atoms with Crippen molar-refractivity contribution in [2.24, 2.45) is 0 Å². The third-order valence-corrected chi connectivity index (χ3v) is 5.64. The summed E-state index contributed by atoms with van der Waals surface area (Å²) in [6.07, 6.45) is 3.15. The van der Waals surface area contributed by atoms with E-state index < -0.39 is 10.7 Å². The van der Waals surface area contributed by atoms with E-state index in [9.17, 15) is 19.3 Å². The second kappa shape index (κ2) is 8.65. The Labute approximate surface area is 178 Å². The minimum atomic E-state index is -0.399. The number of non-ortho nitro benzene ring substituents is 1. The van der Waals surface area contributed by atoms with E-state index in [0.717, 1.165) is 11.1 Å². The molecule has 0 spiro atoms. The number of halogens is 1. The Hall–Kier alpha value is -3.59. The number of pyridine rings is 1. The van der Waals surface area contributed by atoms with Gasteiger partial charge in [0.05, 0.1) is 16.4 Å². The fraction of sp³-hybridized carbons (Fsp3) is 0.273. The summed E-state index contributed by atoms with van der Waals surface area (Å²) in [5.74, 6) is -0.587. The van der Waals surface area contributed by atoms with E-state index >= 15 is 0 Å². The predicted molar refractivity (Wildman–Crippen MR) is 117 cm³/mol. The zero-order valence-corrected chi connectivity index (χ0v) is 17.0. The van der Waals surface area contributed by atoms with Gasteiger partial charge in [0, 0.05) is 61.4 Å². The van der Waals surface area contributed by atoms with Gasteiger partial charge < -0.3 is 10.2 Å². The van der Waals surface area contributed by atoms with E-state index in [-0.39, 0.29) is 17.6 Å². The van der Waals surface area contributed by atoms with Gasteiger partial charge in [-0.25, -0.2) is 4.39 Å². The molecule has 1 amide bonds. The summed E-state index contributed by atoms with van der Waals surface area (Å²) in [7, 11) is 0. The number of anilines is 2. The summed E-state index contributed by atoms with van der Waals surface area (Å²) in [5.41, 5.74) is 1.38. The van der Waals surface area contributed by atoms with Crippen LogP contribution in [-0.4, -0.2) is 52.9 Å². The van der Waals surface area contributed by atoms with Crippen LogP contribution in [0.15, 0.2) is 54.9 Å². The Morgan fingerprint density at radius 3 is 2.65 bits per heavy atom. The van der Waals surface area contributed by atoms with Gasteiger partial charge in [0.2, 0.25) is 5.91 Å². The molecule has 1 fully saturated rings. The van der Waals surface area contributed by atoms with Crippen molar-refractivity contribution in [3.05, 3.63) is 70.8 Å². The number of aromatic nitrogens is 1. The maximum atomic E-state index is 13.3. The third-order valence-electron chi connectivity index (χ3n) is 5.64. The lowest BCUT2D eigenvalue weighted by Crippen LogP contribution is -2.52. The van der Waals surface area contributed by atoms with Crippen molar-refractivity contribution in [3.63, 3.8) is 0 Å². The molecule has 1 aliphatic rings. The number of amides is 1. The number of rotatable bonds is 5. The maximum absolute atomic E-state index is 13.3. The van der Waals surface area contributed by atoms with Crippen molar-refractivity contribution in [1.82, 2.24) is 9.88 Å². The van der Waals surface area contributed by atoms with Gasteiger partial charge >= 0.3 is 0 Å². The molecule has 2 aromatic carbocycles. The Bertz CT molecular complexity index is 1130. The number of nitro groups is 1. The summed E-state index contributed by atoms with van der Waals surface area (Å²) in [6, 6.07) is 10.5. The molecular formula is C22H22FN5O3. The second-order valence-electron chi connectivity index (χ2n) is 7.48. The predicted octanol–water partition coefficient (Wildman–Crippen LogP) is 3.43. The van der Waals surface area contributed by atoms with Gasteiger partial charge in [-0.1, -0.05) is 6.07 Å². The smallest absolute Gasteiger partial charge is 0.278 e. The standard InChI is InChI=1S/C22H22FN5O3/c1-15(22(29)25-17-4-2-3-16(23)13-17)26-9-11-27(12-10-26)20-5-6-21(28(30)31)19-14-24-8-7-18(19)20/h2-8,13-15H,9-12H2,1H3,(H,25,29). The van der Waals surface area contributed by atoms with Crippen molar-refractivity contribution in [2.75, 3.05) is 36.4 Å². The normalized spacial score (nSPS) is 15.6. The lowest BCUT2D eigenvalue weighted by Gasteiger charge is -2.38. The first kappa shape index (κ1) is 20.7. The average Bonchev–Trinajstić information content (AvgIpc) is 2.78. The second-order valence-corrected chi connectivity index (χ2v) is 7.48. The third kappa shape index (κ3) is 4.31. The Balaban J connectivity index is 1.45. The highest BCUT2D eigenvalue weighted by molar-refractivity contribution is 5.99. The van der Waals surface area contributed by atoms with Crippen molar-refractivity contribution in [2.45, 2.75) is 13.0 Å². The number of fused-ring (bicyclic) bond motifs is 1. The van der Waals surface area contributed by atoms with E-state index in [2.05, 4.69) is 20.1 Å². The molecule has 1 unspecified atom stereocenters. The quantitative estimate of drug-likeness (QED) is 0.499. The van der Waals surface area contributed by atoms with Crippen molar-refractivity contribution in [1.29, 1.82) is 0 Å². The fourth-order valence-corrected chi connectivity index (χ4v) is 3.92. The maximum Gasteiger partial charge on any atom is 0.278 e. The number of nitro benzene ring substituents is 1. The molecule has 0 radical (unpaired) electrons. The number of hydrogen-bond donors (Lipinski definition) is 1. The fourth-order valence-electron chi connectivity index (χ4n) is 3.92. The molecule has 3 aromatic rings. The van der Waals surface area contributed by atoms with Crippen LogP contribution in [-0.2, 0) is 4.79 Å². The number of nitrogens with one attached hydrogen (secondary N) is 1. The largest absolute Gasteiger partial charge is 0.368 e. The number of hydrogen-bond acceptors (Lipinski definition) is 6. The highest BCUT2D eigenvalue weighted by Crippen LogP contribution is 2.33. The van der Waals surface area contributed by atoms with Gasteiger partial charge in [-0.2, -0.15) is 0 Å². The monoisotopic (exact) mass is 423 g/mol. The highest BCUT2D eigenvalue weighted by atomic mass is 19.1. The van der Waals surface area contributed by atoms with Crippen LogP contribution >= 0.6 is 0 Å². The van der Waals surface area contributed by atoms with Gasteiger partial charge in [-0.05, 0) is 37.3 Å². The van der Waals surface area contributed by atoms with Crippen LogP contribution in [0.3, 0.4) is 0 Å². The molecule has 1 saturated heterocycles. The van der Waals surface area contributed by atoms with Gasteiger partial charge in [-0.3, -0.25) is 24.8 Å². The minimum absolute atomic E-state index is 0.0353. The topological polar surface area (TPSA) is 91.6 Å². The van der Waals surface area contributed by atoms with Gasteiger partial charge in [-0.15, -0.1) is 0 Å². The van der Waals surface area contributed by atoms with Crippen LogP contribution in [0.5, 0.6) is 0 Å². The molecule has 160 valence electrons. The molecular weight excluding hydrogens is 401 g/mol. The Kier molecular flexibility index (Phi) is 5.77. The summed E-state index contributed by atoms with van der Waals surface area (Å²) < 4.78 is 13.3. The molecule has 1 aromatic heterocycles. The number of benzene rings is 2. The van der Waals surface area contributed by atoms with E-state index in [1.54, 1.807) is 30.5 Å². The van der Waals surface area contributed by atoms with Crippen molar-refractivity contribution < 1.29 is 14.1 Å². The van der Waals surface area contributed by atoms with Crippen LogP contribution in [0.2, 0.25) is 0 Å². The molecule has 9 heteroatoms. The number of piperazine rings is 1. The van der Waals surface area contributed by atoms with E-state index in [1.807, 2.05) is 6.92 Å². The molecule has 4 rings (SSSR count). The summed E-state index contributed by atoms with van der Waals surface area (Å²) >= 11 is 0. The van der Waals surface area contributed by atoms with Gasteiger partial charge in [0.15, 0.2) is 0 Å². The highest BCUT2D eigenvalue weighted by Gasteiger charge is 2.27. The zero-order valence-electron chi connectivity index (χ0n) is 17.0. The van der Waals surface area contributed by atoms with Crippen LogP contribution in [0.1, 0.15) is 6.92 Å². The molecule has 1 aliphatic heterocycles. The zero-order chi connectivity index (χ0) is 22.0. The minimum Gasteiger partial charge on any atom is -0.368 e. The first-order valence-corrected chi connectivity index (χ1v) is 10.0. The molecule has 0 aliphatic carbocycles.